The molecule has 0 radical (unpaired) electrons. The van der Waals surface area contributed by atoms with Gasteiger partial charge in [-0.25, -0.2) is 4.79 Å². The highest BCUT2D eigenvalue weighted by Gasteiger charge is 2.08. The third kappa shape index (κ3) is 2.84. The lowest BCUT2D eigenvalue weighted by Crippen LogP contribution is -2.05. The van der Waals surface area contributed by atoms with Gasteiger partial charge in [-0.15, -0.1) is 5.10 Å². The molecule has 18 heavy (non-hydrogen) atoms. The first kappa shape index (κ1) is 12.5. The Kier molecular flexibility index (Phi) is 3.88. The number of nitrogens with one attached hydrogen (secondary N) is 1. The van der Waals surface area contributed by atoms with Crippen molar-refractivity contribution in [1.29, 1.82) is 0 Å². The first-order valence-corrected chi connectivity index (χ1v) is 6.23. The molecule has 0 fully saturated rings. The highest BCUT2D eigenvalue weighted by Crippen LogP contribution is 2.18. The van der Waals surface area contributed by atoms with Crippen molar-refractivity contribution in [3.8, 4) is 0 Å². The fourth-order valence-corrected chi connectivity index (χ4v) is 1.96. The summed E-state index contributed by atoms with van der Waals surface area (Å²) < 4.78 is 8.49. The summed E-state index contributed by atoms with van der Waals surface area (Å²) in [5.41, 5.74) is 3.36. The molecule has 0 bridgehead atoms. The average molecular weight is 263 g/mol. The van der Waals surface area contributed by atoms with E-state index in [4.69, 9.17) is 4.74 Å². The van der Waals surface area contributed by atoms with Crippen LogP contribution < -0.4 is 5.32 Å². The Morgan fingerprint density at radius 1 is 1.50 bits per heavy atom. The van der Waals surface area contributed by atoms with Crippen LogP contribution in [0.3, 0.4) is 0 Å². The van der Waals surface area contributed by atoms with Gasteiger partial charge in [-0.2, -0.15) is 0 Å². The molecule has 0 aliphatic heterocycles. The number of ether oxygens (including phenoxy) is 1. The number of hydrogen-bond acceptors (Lipinski definition) is 6. The predicted molar refractivity (Wildman–Crippen MR) is 69.8 cm³/mol. The molecule has 94 valence electrons. The standard InChI is InChI=1S/C12H13N3O2S/c1-8-3-4-9(12(16)17-2)5-11(8)13-6-10-7-18-15-14-10/h3-5,7,13H,6H2,1-2H3. The van der Waals surface area contributed by atoms with E-state index in [1.54, 1.807) is 12.1 Å². The second kappa shape index (κ2) is 5.59. The molecule has 2 aromatic rings. The maximum absolute atomic E-state index is 11.4. The van der Waals surface area contributed by atoms with E-state index in [-0.39, 0.29) is 5.97 Å². The number of aromatic nitrogens is 2. The van der Waals surface area contributed by atoms with Gasteiger partial charge in [0, 0.05) is 11.1 Å². The molecule has 1 aromatic carbocycles. The van der Waals surface area contributed by atoms with Crippen molar-refractivity contribution in [3.05, 3.63) is 40.4 Å². The second-order valence-electron chi connectivity index (χ2n) is 3.77. The van der Waals surface area contributed by atoms with Gasteiger partial charge in [0.2, 0.25) is 0 Å². The molecule has 0 aliphatic carbocycles. The van der Waals surface area contributed by atoms with Crippen molar-refractivity contribution in [1.82, 2.24) is 9.59 Å². The molecule has 6 heteroatoms. The summed E-state index contributed by atoms with van der Waals surface area (Å²) in [6.07, 6.45) is 0. The monoisotopic (exact) mass is 263 g/mol. The summed E-state index contributed by atoms with van der Waals surface area (Å²) in [6, 6.07) is 5.41. The third-order valence-electron chi connectivity index (χ3n) is 2.52. The number of carbonyl (C=O) groups excluding carboxylic acids is 1. The van der Waals surface area contributed by atoms with Gasteiger partial charge in [0.25, 0.3) is 0 Å². The van der Waals surface area contributed by atoms with Gasteiger partial charge in [-0.1, -0.05) is 10.6 Å². The van der Waals surface area contributed by atoms with E-state index in [0.717, 1.165) is 16.9 Å². The Balaban J connectivity index is 2.13. The van der Waals surface area contributed by atoms with E-state index in [0.29, 0.717) is 12.1 Å². The van der Waals surface area contributed by atoms with Crippen LogP contribution in [-0.4, -0.2) is 22.7 Å². The molecule has 1 aromatic heterocycles. The molecule has 1 heterocycles. The lowest BCUT2D eigenvalue weighted by molar-refractivity contribution is 0.0601. The van der Waals surface area contributed by atoms with Crippen molar-refractivity contribution in [3.63, 3.8) is 0 Å². The molecule has 0 spiro atoms. The van der Waals surface area contributed by atoms with Crippen molar-refractivity contribution >= 4 is 23.2 Å². The zero-order valence-electron chi connectivity index (χ0n) is 10.1. The van der Waals surface area contributed by atoms with Crippen LogP contribution in [0.25, 0.3) is 0 Å². The minimum atomic E-state index is -0.339. The van der Waals surface area contributed by atoms with Crippen molar-refractivity contribution in [2.75, 3.05) is 12.4 Å². The van der Waals surface area contributed by atoms with Crippen LogP contribution in [0.4, 0.5) is 5.69 Å². The molecular weight excluding hydrogens is 250 g/mol. The van der Waals surface area contributed by atoms with Crippen LogP contribution >= 0.6 is 11.5 Å². The maximum Gasteiger partial charge on any atom is 0.337 e. The van der Waals surface area contributed by atoms with Crippen LogP contribution in [0.15, 0.2) is 23.6 Å². The van der Waals surface area contributed by atoms with Crippen LogP contribution in [0.5, 0.6) is 0 Å². The van der Waals surface area contributed by atoms with Gasteiger partial charge in [0.1, 0.15) is 0 Å². The van der Waals surface area contributed by atoms with Crippen LogP contribution in [0, 0.1) is 6.92 Å². The summed E-state index contributed by atoms with van der Waals surface area (Å²) in [4.78, 5) is 11.4. The van der Waals surface area contributed by atoms with Gasteiger partial charge in [0.05, 0.1) is 24.9 Å². The number of esters is 1. The lowest BCUT2D eigenvalue weighted by Gasteiger charge is -2.09. The summed E-state index contributed by atoms with van der Waals surface area (Å²) in [5.74, 6) is -0.339. The third-order valence-corrected chi connectivity index (χ3v) is 3.08. The quantitative estimate of drug-likeness (QED) is 0.857. The van der Waals surface area contributed by atoms with Gasteiger partial charge < -0.3 is 10.1 Å². The minimum absolute atomic E-state index is 0.339. The van der Waals surface area contributed by atoms with Gasteiger partial charge in [-0.3, -0.25) is 0 Å². The summed E-state index contributed by atoms with van der Waals surface area (Å²) in [7, 11) is 1.37. The summed E-state index contributed by atoms with van der Waals surface area (Å²) >= 11 is 1.32. The highest BCUT2D eigenvalue weighted by molar-refractivity contribution is 7.03. The predicted octanol–water partition coefficient (Wildman–Crippen LogP) is 2.25. The fraction of sp³-hybridized carbons (Fsp3) is 0.250. The molecule has 1 N–H and O–H groups in total. The lowest BCUT2D eigenvalue weighted by atomic mass is 10.1. The largest absolute Gasteiger partial charge is 0.465 e. The Hall–Kier alpha value is -1.95. The number of rotatable bonds is 4. The van der Waals surface area contributed by atoms with Crippen LogP contribution in [0.2, 0.25) is 0 Å². The molecule has 2 rings (SSSR count). The van der Waals surface area contributed by atoms with E-state index < -0.39 is 0 Å². The molecular formula is C12H13N3O2S. The number of carbonyl (C=O) groups is 1. The molecule has 5 nitrogen and oxygen atoms in total. The Morgan fingerprint density at radius 2 is 2.33 bits per heavy atom. The van der Waals surface area contributed by atoms with Gasteiger partial charge >= 0.3 is 5.97 Å². The van der Waals surface area contributed by atoms with Crippen molar-refractivity contribution in [2.24, 2.45) is 0 Å². The first-order chi connectivity index (χ1) is 8.70. The second-order valence-corrected chi connectivity index (χ2v) is 4.38. The van der Waals surface area contributed by atoms with Crippen molar-refractivity contribution in [2.45, 2.75) is 13.5 Å². The smallest absolute Gasteiger partial charge is 0.337 e. The van der Waals surface area contributed by atoms with Crippen molar-refractivity contribution < 1.29 is 9.53 Å². The summed E-state index contributed by atoms with van der Waals surface area (Å²) in [6.45, 7) is 2.56. The minimum Gasteiger partial charge on any atom is -0.465 e. The van der Waals surface area contributed by atoms with Crippen LogP contribution in [-0.2, 0) is 11.3 Å². The Morgan fingerprint density at radius 3 is 3.00 bits per heavy atom. The Labute approximate surface area is 109 Å². The zero-order valence-corrected chi connectivity index (χ0v) is 11.0. The van der Waals surface area contributed by atoms with E-state index in [2.05, 4.69) is 14.9 Å². The van der Waals surface area contributed by atoms with Gasteiger partial charge in [0.15, 0.2) is 0 Å². The molecule has 0 saturated carbocycles. The number of nitrogens with zero attached hydrogens (tertiary/aromatic N) is 2. The van der Waals surface area contributed by atoms with E-state index in [1.165, 1.54) is 18.6 Å². The van der Waals surface area contributed by atoms with Gasteiger partial charge in [-0.05, 0) is 36.2 Å². The number of benzene rings is 1. The van der Waals surface area contributed by atoms with Crippen LogP contribution in [0.1, 0.15) is 21.6 Å². The van der Waals surface area contributed by atoms with E-state index in [1.807, 2.05) is 18.4 Å². The maximum atomic E-state index is 11.4. The number of aryl methyl sites for hydroxylation is 1. The average Bonchev–Trinajstić information content (AvgIpc) is 2.90. The normalized spacial score (nSPS) is 10.1. The molecule has 0 unspecified atom stereocenters. The molecule has 0 saturated heterocycles. The SMILES string of the molecule is COC(=O)c1ccc(C)c(NCc2csnn2)c1. The first-order valence-electron chi connectivity index (χ1n) is 5.39. The number of hydrogen-bond donors (Lipinski definition) is 1. The van der Waals surface area contributed by atoms with E-state index in [9.17, 15) is 4.79 Å². The summed E-state index contributed by atoms with van der Waals surface area (Å²) in [5, 5.41) is 9.06. The highest BCUT2D eigenvalue weighted by atomic mass is 32.1. The topological polar surface area (TPSA) is 64.1 Å². The number of methoxy groups -OCH3 is 1. The number of anilines is 1. The molecule has 0 amide bonds. The zero-order chi connectivity index (χ0) is 13.0. The van der Waals surface area contributed by atoms with E-state index >= 15 is 0 Å². The fourth-order valence-electron chi connectivity index (χ4n) is 1.50. The Bertz CT molecular complexity index is 540. The molecule has 0 atom stereocenters. The molecule has 0 aliphatic rings.